The lowest BCUT2D eigenvalue weighted by molar-refractivity contribution is -0.134. The molecule has 2 heterocycles. The van der Waals surface area contributed by atoms with Gasteiger partial charge in [-0.1, -0.05) is 6.07 Å². The van der Waals surface area contributed by atoms with Crippen LogP contribution in [0.25, 0.3) is 22.1 Å². The van der Waals surface area contributed by atoms with Crippen molar-refractivity contribution in [1.29, 1.82) is 0 Å². The summed E-state index contributed by atoms with van der Waals surface area (Å²) < 4.78 is 21.7. The van der Waals surface area contributed by atoms with Crippen LogP contribution in [-0.2, 0) is 4.79 Å². The minimum atomic E-state index is -0.499. The summed E-state index contributed by atoms with van der Waals surface area (Å²) in [6.45, 7) is 0.435. The molecule has 1 fully saturated rings. The first-order valence-corrected chi connectivity index (χ1v) is 10.4. The SMILES string of the molecule is COc1ccc(-c2cc3ccc(OCC(=O)N4CCCC4CO)cc3oc2=O)cc1OC. The molecular formula is C24H25NO7. The Hall–Kier alpha value is -3.52. The van der Waals surface area contributed by atoms with Gasteiger partial charge in [0.2, 0.25) is 0 Å². The van der Waals surface area contributed by atoms with Crippen molar-refractivity contribution < 1.29 is 28.5 Å². The predicted octanol–water partition coefficient (Wildman–Crippen LogP) is 2.84. The molecule has 8 heteroatoms. The van der Waals surface area contributed by atoms with Crippen LogP contribution in [0, 0.1) is 0 Å². The van der Waals surface area contributed by atoms with Crippen LogP contribution in [0.5, 0.6) is 17.2 Å². The third-order valence-electron chi connectivity index (χ3n) is 5.67. The van der Waals surface area contributed by atoms with Crippen molar-refractivity contribution in [2.75, 3.05) is 34.0 Å². The Bertz CT molecular complexity index is 1190. The first-order valence-electron chi connectivity index (χ1n) is 10.4. The number of carbonyl (C=O) groups is 1. The van der Waals surface area contributed by atoms with Crippen LogP contribution in [-0.4, -0.2) is 55.9 Å². The number of aliphatic hydroxyl groups excluding tert-OH is 1. The van der Waals surface area contributed by atoms with E-state index in [-0.39, 0.29) is 25.2 Å². The molecule has 2 aromatic carbocycles. The van der Waals surface area contributed by atoms with Gasteiger partial charge in [0.1, 0.15) is 11.3 Å². The molecule has 1 N–H and O–H groups in total. The summed E-state index contributed by atoms with van der Waals surface area (Å²) >= 11 is 0. The van der Waals surface area contributed by atoms with Gasteiger partial charge in [0.05, 0.1) is 32.4 Å². The van der Waals surface area contributed by atoms with Crippen LogP contribution < -0.4 is 19.8 Å². The van der Waals surface area contributed by atoms with Gasteiger partial charge < -0.3 is 28.6 Å². The molecule has 168 valence electrons. The van der Waals surface area contributed by atoms with Gasteiger partial charge in [-0.3, -0.25) is 4.79 Å². The lowest BCUT2D eigenvalue weighted by Crippen LogP contribution is -2.40. The highest BCUT2D eigenvalue weighted by Crippen LogP contribution is 2.32. The highest BCUT2D eigenvalue weighted by molar-refractivity contribution is 5.83. The maximum atomic E-state index is 12.6. The topological polar surface area (TPSA) is 98.4 Å². The van der Waals surface area contributed by atoms with E-state index >= 15 is 0 Å². The lowest BCUT2D eigenvalue weighted by atomic mass is 10.1. The van der Waals surface area contributed by atoms with Crippen LogP contribution in [0.4, 0.5) is 0 Å². The average molecular weight is 439 g/mol. The smallest absolute Gasteiger partial charge is 0.344 e. The molecule has 1 aliphatic heterocycles. The van der Waals surface area contributed by atoms with Crippen molar-refractivity contribution in [1.82, 2.24) is 4.90 Å². The Morgan fingerprint density at radius 1 is 1.12 bits per heavy atom. The van der Waals surface area contributed by atoms with E-state index in [1.807, 2.05) is 0 Å². The van der Waals surface area contributed by atoms with E-state index in [0.717, 1.165) is 12.8 Å². The summed E-state index contributed by atoms with van der Waals surface area (Å²) in [6, 6.07) is 11.9. The molecule has 3 aromatic rings. The number of carbonyl (C=O) groups excluding carboxylic acids is 1. The zero-order valence-corrected chi connectivity index (χ0v) is 18.0. The number of ether oxygens (including phenoxy) is 3. The van der Waals surface area contributed by atoms with Crippen molar-refractivity contribution in [3.8, 4) is 28.4 Å². The standard InChI is InChI=1S/C24H25NO7/c1-29-20-8-6-15(11-22(20)30-2)19-10-16-5-7-18(12-21(16)32-24(19)28)31-14-23(27)25-9-3-4-17(25)13-26/h5-8,10-12,17,26H,3-4,9,13-14H2,1-2H3. The predicted molar refractivity (Wildman–Crippen MR) is 118 cm³/mol. The summed E-state index contributed by atoms with van der Waals surface area (Å²) in [5.41, 5.74) is 0.902. The molecule has 1 saturated heterocycles. The second-order valence-corrected chi connectivity index (χ2v) is 7.57. The van der Waals surface area contributed by atoms with Crippen LogP contribution in [0.3, 0.4) is 0 Å². The Morgan fingerprint density at radius 2 is 1.94 bits per heavy atom. The molecule has 4 rings (SSSR count). The molecule has 1 aliphatic rings. The van der Waals surface area contributed by atoms with Crippen molar-refractivity contribution >= 4 is 16.9 Å². The van der Waals surface area contributed by atoms with Crippen LogP contribution >= 0.6 is 0 Å². The molecular weight excluding hydrogens is 414 g/mol. The molecule has 0 spiro atoms. The quantitative estimate of drug-likeness (QED) is 0.565. The summed E-state index contributed by atoms with van der Waals surface area (Å²) in [4.78, 5) is 26.7. The van der Waals surface area contributed by atoms with Crippen LogP contribution in [0.2, 0.25) is 0 Å². The van der Waals surface area contributed by atoms with Crippen molar-refractivity contribution in [3.63, 3.8) is 0 Å². The molecule has 1 aromatic heterocycles. The summed E-state index contributed by atoms with van der Waals surface area (Å²) in [7, 11) is 3.08. The number of hydrogen-bond donors (Lipinski definition) is 1. The zero-order chi connectivity index (χ0) is 22.7. The number of amides is 1. The summed E-state index contributed by atoms with van der Waals surface area (Å²) in [5.74, 6) is 1.33. The van der Waals surface area contributed by atoms with Crippen molar-refractivity contribution in [2.24, 2.45) is 0 Å². The fraction of sp³-hybridized carbons (Fsp3) is 0.333. The van der Waals surface area contributed by atoms with E-state index in [0.29, 0.717) is 45.9 Å². The second kappa shape index (κ2) is 9.32. The summed E-state index contributed by atoms with van der Waals surface area (Å²) in [6.07, 6.45) is 1.67. The first-order chi connectivity index (χ1) is 15.5. The first kappa shape index (κ1) is 21.7. The molecule has 0 aliphatic carbocycles. The monoisotopic (exact) mass is 439 g/mol. The lowest BCUT2D eigenvalue weighted by Gasteiger charge is -2.22. The van der Waals surface area contributed by atoms with Crippen molar-refractivity contribution in [2.45, 2.75) is 18.9 Å². The number of likely N-dealkylation sites (tertiary alicyclic amines) is 1. The third-order valence-corrected chi connectivity index (χ3v) is 5.67. The molecule has 8 nitrogen and oxygen atoms in total. The fourth-order valence-corrected chi connectivity index (χ4v) is 3.97. The highest BCUT2D eigenvalue weighted by Gasteiger charge is 2.28. The number of nitrogens with zero attached hydrogens (tertiary/aromatic N) is 1. The van der Waals surface area contributed by atoms with E-state index in [1.54, 1.807) is 54.5 Å². The van der Waals surface area contributed by atoms with E-state index in [4.69, 9.17) is 18.6 Å². The fourth-order valence-electron chi connectivity index (χ4n) is 3.97. The van der Waals surface area contributed by atoms with E-state index in [2.05, 4.69) is 0 Å². The minimum absolute atomic E-state index is 0.0464. The van der Waals surface area contributed by atoms with Crippen LogP contribution in [0.1, 0.15) is 12.8 Å². The van der Waals surface area contributed by atoms with Gasteiger partial charge in [0, 0.05) is 18.0 Å². The Labute approximate surface area is 184 Å². The number of aliphatic hydroxyl groups is 1. The molecule has 1 atom stereocenters. The largest absolute Gasteiger partial charge is 0.493 e. The van der Waals surface area contributed by atoms with E-state index in [1.165, 1.54) is 7.11 Å². The zero-order valence-electron chi connectivity index (χ0n) is 18.0. The molecule has 0 bridgehead atoms. The number of benzene rings is 2. The van der Waals surface area contributed by atoms with Gasteiger partial charge in [-0.15, -0.1) is 0 Å². The van der Waals surface area contributed by atoms with Crippen molar-refractivity contribution in [3.05, 3.63) is 52.9 Å². The molecule has 0 radical (unpaired) electrons. The molecule has 1 unspecified atom stereocenters. The van der Waals surface area contributed by atoms with E-state index in [9.17, 15) is 14.7 Å². The number of hydrogen-bond acceptors (Lipinski definition) is 7. The summed E-state index contributed by atoms with van der Waals surface area (Å²) in [5, 5.41) is 10.1. The minimum Gasteiger partial charge on any atom is -0.493 e. The van der Waals surface area contributed by atoms with Gasteiger partial charge in [-0.05, 0) is 48.7 Å². The van der Waals surface area contributed by atoms with Gasteiger partial charge in [0.15, 0.2) is 18.1 Å². The highest BCUT2D eigenvalue weighted by atomic mass is 16.5. The van der Waals surface area contributed by atoms with Gasteiger partial charge >= 0.3 is 5.63 Å². The number of rotatable bonds is 7. The molecule has 0 saturated carbocycles. The van der Waals surface area contributed by atoms with E-state index < -0.39 is 5.63 Å². The van der Waals surface area contributed by atoms with Gasteiger partial charge in [0.25, 0.3) is 5.91 Å². The Balaban J connectivity index is 1.55. The van der Waals surface area contributed by atoms with Gasteiger partial charge in [-0.25, -0.2) is 4.79 Å². The van der Waals surface area contributed by atoms with Crippen LogP contribution in [0.15, 0.2) is 51.7 Å². The maximum absolute atomic E-state index is 12.6. The Kier molecular flexibility index (Phi) is 6.32. The average Bonchev–Trinajstić information content (AvgIpc) is 3.30. The Morgan fingerprint density at radius 3 is 2.69 bits per heavy atom. The third kappa shape index (κ3) is 4.27. The number of fused-ring (bicyclic) bond motifs is 1. The maximum Gasteiger partial charge on any atom is 0.344 e. The van der Waals surface area contributed by atoms with Gasteiger partial charge in [-0.2, -0.15) is 0 Å². The molecule has 32 heavy (non-hydrogen) atoms. The molecule has 1 amide bonds. The normalized spacial score (nSPS) is 15.7. The number of methoxy groups -OCH3 is 2. The second-order valence-electron chi connectivity index (χ2n) is 7.57.